The second kappa shape index (κ2) is 10.6. The van der Waals surface area contributed by atoms with Crippen LogP contribution in [0.25, 0.3) is 0 Å². The molecule has 34 heavy (non-hydrogen) atoms. The van der Waals surface area contributed by atoms with Gasteiger partial charge in [0.1, 0.15) is 0 Å². The lowest BCUT2D eigenvalue weighted by Gasteiger charge is -2.10. The molecule has 174 valence electrons. The number of sulfonamides is 1. The maximum absolute atomic E-state index is 12.7. The Morgan fingerprint density at radius 1 is 1.03 bits per heavy atom. The average molecular weight is 531 g/mol. The normalized spacial score (nSPS) is 11.2. The van der Waals surface area contributed by atoms with Gasteiger partial charge in [-0.3, -0.25) is 14.8 Å². The first-order chi connectivity index (χ1) is 16.3. The zero-order valence-corrected chi connectivity index (χ0v) is 21.1. The zero-order chi connectivity index (χ0) is 24.1. The van der Waals surface area contributed by atoms with E-state index in [0.717, 1.165) is 21.2 Å². The van der Waals surface area contributed by atoms with Gasteiger partial charge in [0.25, 0.3) is 15.9 Å². The molecule has 3 aromatic carbocycles. The van der Waals surface area contributed by atoms with Gasteiger partial charge in [0, 0.05) is 5.75 Å². The van der Waals surface area contributed by atoms with E-state index in [1.807, 2.05) is 37.3 Å². The number of carbonyl (C=O) groups excluding carboxylic acids is 1. The summed E-state index contributed by atoms with van der Waals surface area (Å²) in [6, 6.07) is 20.8. The van der Waals surface area contributed by atoms with E-state index in [2.05, 4.69) is 20.2 Å². The van der Waals surface area contributed by atoms with Crippen LogP contribution in [0.1, 0.15) is 21.5 Å². The molecule has 0 radical (unpaired) electrons. The molecule has 0 fully saturated rings. The number of amides is 1. The van der Waals surface area contributed by atoms with E-state index in [-0.39, 0.29) is 21.2 Å². The summed E-state index contributed by atoms with van der Waals surface area (Å²) < 4.78 is 28.4. The largest absolute Gasteiger partial charge is 0.296 e. The van der Waals surface area contributed by atoms with Gasteiger partial charge >= 0.3 is 0 Å². The first-order valence-electron chi connectivity index (χ1n) is 10.0. The molecular formula is C23H19ClN4O3S3. The second-order valence-corrected chi connectivity index (χ2v) is 11.5. The van der Waals surface area contributed by atoms with Crippen LogP contribution in [0.5, 0.6) is 0 Å². The molecule has 1 heterocycles. The van der Waals surface area contributed by atoms with Crippen LogP contribution in [0.4, 0.5) is 10.8 Å². The molecule has 1 amide bonds. The highest BCUT2D eigenvalue weighted by molar-refractivity contribution is 8.00. The van der Waals surface area contributed by atoms with Crippen LogP contribution in [-0.2, 0) is 15.8 Å². The molecule has 4 aromatic rings. The van der Waals surface area contributed by atoms with Gasteiger partial charge in [0.15, 0.2) is 4.34 Å². The quantitative estimate of drug-likeness (QED) is 0.219. The number of hydrogen-bond donors (Lipinski definition) is 2. The molecular weight excluding hydrogens is 512 g/mol. The molecule has 0 saturated heterocycles. The average Bonchev–Trinajstić information content (AvgIpc) is 3.25. The summed E-state index contributed by atoms with van der Waals surface area (Å²) in [5.41, 5.74) is 2.55. The molecule has 0 aliphatic rings. The second-order valence-electron chi connectivity index (χ2n) is 7.21. The predicted octanol–water partition coefficient (Wildman–Crippen LogP) is 5.85. The van der Waals surface area contributed by atoms with E-state index in [1.165, 1.54) is 53.4 Å². The number of hydrogen-bond acceptors (Lipinski definition) is 7. The summed E-state index contributed by atoms with van der Waals surface area (Å²) in [7, 11) is -3.78. The van der Waals surface area contributed by atoms with Crippen molar-refractivity contribution in [2.24, 2.45) is 0 Å². The van der Waals surface area contributed by atoms with Gasteiger partial charge in [-0.15, -0.1) is 10.2 Å². The third-order valence-corrected chi connectivity index (χ3v) is 8.38. The van der Waals surface area contributed by atoms with Crippen LogP contribution >= 0.6 is 34.7 Å². The van der Waals surface area contributed by atoms with E-state index in [9.17, 15) is 13.2 Å². The van der Waals surface area contributed by atoms with Crippen LogP contribution in [-0.4, -0.2) is 24.5 Å². The zero-order valence-electron chi connectivity index (χ0n) is 17.9. The van der Waals surface area contributed by atoms with Crippen molar-refractivity contribution in [3.63, 3.8) is 0 Å². The first-order valence-corrected chi connectivity index (χ1v) is 13.7. The fourth-order valence-corrected chi connectivity index (χ4v) is 5.92. The van der Waals surface area contributed by atoms with Gasteiger partial charge < -0.3 is 0 Å². The van der Waals surface area contributed by atoms with Crippen molar-refractivity contribution < 1.29 is 13.2 Å². The van der Waals surface area contributed by atoms with Crippen LogP contribution < -0.4 is 10.0 Å². The predicted molar refractivity (Wildman–Crippen MR) is 137 cm³/mol. The minimum Gasteiger partial charge on any atom is -0.296 e. The summed E-state index contributed by atoms with van der Waals surface area (Å²) in [6.07, 6.45) is 0. The van der Waals surface area contributed by atoms with Gasteiger partial charge in [-0.05, 0) is 42.8 Å². The summed E-state index contributed by atoms with van der Waals surface area (Å²) >= 11 is 9.07. The molecule has 0 aliphatic heterocycles. The highest BCUT2D eigenvalue weighted by atomic mass is 35.5. The SMILES string of the molecule is Cc1ccc(S(=O)(=O)Nc2ccc(C(=O)Nc3nnc(SCc4ccccc4)s3)c(Cl)c2)cc1. The van der Waals surface area contributed by atoms with Gasteiger partial charge in [-0.2, -0.15) is 0 Å². The van der Waals surface area contributed by atoms with Gasteiger partial charge in [0.2, 0.25) is 5.13 Å². The number of aromatic nitrogens is 2. The van der Waals surface area contributed by atoms with Gasteiger partial charge in [-0.1, -0.05) is 82.7 Å². The monoisotopic (exact) mass is 530 g/mol. The van der Waals surface area contributed by atoms with E-state index in [1.54, 1.807) is 12.1 Å². The Morgan fingerprint density at radius 3 is 2.47 bits per heavy atom. The molecule has 1 aromatic heterocycles. The minimum absolute atomic E-state index is 0.102. The Labute approximate surface area is 210 Å². The molecule has 7 nitrogen and oxygen atoms in total. The van der Waals surface area contributed by atoms with Crippen LogP contribution in [0, 0.1) is 6.92 Å². The molecule has 11 heteroatoms. The first kappa shape index (κ1) is 24.2. The van der Waals surface area contributed by atoms with Crippen molar-refractivity contribution in [1.82, 2.24) is 10.2 Å². The van der Waals surface area contributed by atoms with E-state index >= 15 is 0 Å². The van der Waals surface area contributed by atoms with E-state index in [0.29, 0.717) is 5.13 Å². The lowest BCUT2D eigenvalue weighted by molar-refractivity contribution is 0.102. The lowest BCUT2D eigenvalue weighted by Crippen LogP contribution is -2.14. The standard InChI is InChI=1S/C23H19ClN4O3S3/c1-15-7-10-18(11-8-15)34(30,31)28-17-9-12-19(20(24)13-17)21(29)25-22-26-27-23(33-22)32-14-16-5-3-2-4-6-16/h2-13,28H,14H2,1H3,(H,25,26,29). The van der Waals surface area contributed by atoms with Crippen molar-refractivity contribution in [1.29, 1.82) is 0 Å². The Bertz CT molecular complexity index is 1410. The Morgan fingerprint density at radius 2 is 1.76 bits per heavy atom. The Kier molecular flexibility index (Phi) is 7.52. The fraction of sp³-hybridized carbons (Fsp3) is 0.0870. The summed E-state index contributed by atoms with van der Waals surface area (Å²) in [5, 5.41) is 11.2. The number of anilines is 2. The minimum atomic E-state index is -3.78. The van der Waals surface area contributed by atoms with Crippen molar-refractivity contribution in [3.05, 3.63) is 94.5 Å². The van der Waals surface area contributed by atoms with Crippen molar-refractivity contribution in [2.75, 3.05) is 10.0 Å². The number of benzene rings is 3. The fourth-order valence-electron chi connectivity index (χ4n) is 2.90. The topological polar surface area (TPSA) is 101 Å². The lowest BCUT2D eigenvalue weighted by atomic mass is 10.2. The van der Waals surface area contributed by atoms with Crippen molar-refractivity contribution >= 4 is 61.4 Å². The molecule has 0 aliphatic carbocycles. The Balaban J connectivity index is 1.39. The molecule has 0 atom stereocenters. The van der Waals surface area contributed by atoms with E-state index in [4.69, 9.17) is 11.6 Å². The molecule has 0 unspecified atom stereocenters. The summed E-state index contributed by atoms with van der Waals surface area (Å²) in [4.78, 5) is 12.8. The highest BCUT2D eigenvalue weighted by Crippen LogP contribution is 2.29. The van der Waals surface area contributed by atoms with Crippen LogP contribution in [0.2, 0.25) is 5.02 Å². The van der Waals surface area contributed by atoms with Crippen molar-refractivity contribution in [3.8, 4) is 0 Å². The maximum atomic E-state index is 12.7. The number of halogens is 1. The molecule has 0 spiro atoms. The Hall–Kier alpha value is -2.92. The van der Waals surface area contributed by atoms with Crippen molar-refractivity contribution in [2.45, 2.75) is 21.9 Å². The maximum Gasteiger partial charge on any atom is 0.261 e. The number of rotatable bonds is 8. The van der Waals surface area contributed by atoms with Gasteiger partial charge in [-0.25, -0.2) is 8.42 Å². The third-order valence-electron chi connectivity index (χ3n) is 4.63. The number of carbonyl (C=O) groups is 1. The van der Waals surface area contributed by atoms with E-state index < -0.39 is 15.9 Å². The van der Waals surface area contributed by atoms with Crippen LogP contribution in [0.3, 0.4) is 0 Å². The number of nitrogens with one attached hydrogen (secondary N) is 2. The number of nitrogens with zero attached hydrogens (tertiary/aromatic N) is 2. The third kappa shape index (κ3) is 6.15. The number of aryl methyl sites for hydroxylation is 1. The molecule has 0 saturated carbocycles. The molecule has 0 bridgehead atoms. The van der Waals surface area contributed by atoms with Gasteiger partial charge in [0.05, 0.1) is 21.2 Å². The molecule has 4 rings (SSSR count). The smallest absolute Gasteiger partial charge is 0.261 e. The highest BCUT2D eigenvalue weighted by Gasteiger charge is 2.17. The number of thioether (sulfide) groups is 1. The summed E-state index contributed by atoms with van der Waals surface area (Å²) in [6.45, 7) is 1.87. The molecule has 2 N–H and O–H groups in total. The summed E-state index contributed by atoms with van der Waals surface area (Å²) in [5.74, 6) is 0.281. The van der Waals surface area contributed by atoms with Crippen LogP contribution in [0.15, 0.2) is 82.0 Å².